The van der Waals surface area contributed by atoms with Crippen molar-refractivity contribution in [2.45, 2.75) is 24.1 Å². The van der Waals surface area contributed by atoms with Crippen LogP contribution in [0.15, 0.2) is 33.2 Å². The van der Waals surface area contributed by atoms with Gasteiger partial charge in [-0.05, 0) is 24.6 Å². The average Bonchev–Trinajstić information content (AvgIpc) is 3.12. The molecular weight excluding hydrogens is 354 g/mol. The number of nitrogens with zero attached hydrogens (tertiary/aromatic N) is 2. The van der Waals surface area contributed by atoms with Gasteiger partial charge in [-0.2, -0.15) is 0 Å². The maximum atomic E-state index is 12.2. The molecule has 3 rings (SSSR count). The topological polar surface area (TPSA) is 68.0 Å². The van der Waals surface area contributed by atoms with Gasteiger partial charge in [0.25, 0.3) is 0 Å². The number of halogens is 1. The van der Waals surface area contributed by atoms with Gasteiger partial charge >= 0.3 is 0 Å². The molecule has 0 aliphatic heterocycles. The van der Waals surface area contributed by atoms with Crippen LogP contribution in [0.25, 0.3) is 11.0 Å². The number of fused-ring (bicyclic) bond motifs is 1. The number of anilines is 1. The summed E-state index contributed by atoms with van der Waals surface area (Å²) in [5.41, 5.74) is 1.51. The number of thioether (sulfide) groups is 1. The van der Waals surface area contributed by atoms with Crippen molar-refractivity contribution in [1.82, 2.24) is 10.2 Å². The zero-order chi connectivity index (χ0) is 16.2. The molecule has 0 unspecified atom stereocenters. The van der Waals surface area contributed by atoms with Crippen LogP contribution in [0.2, 0.25) is 5.02 Å². The van der Waals surface area contributed by atoms with Gasteiger partial charge in [-0.1, -0.05) is 41.6 Å². The van der Waals surface area contributed by atoms with Crippen LogP contribution in [-0.2, 0) is 11.2 Å². The van der Waals surface area contributed by atoms with Gasteiger partial charge in [0.05, 0.1) is 12.7 Å². The number of rotatable bonds is 6. The van der Waals surface area contributed by atoms with Crippen LogP contribution >= 0.6 is 34.7 Å². The third kappa shape index (κ3) is 4.04. The largest absolute Gasteiger partial charge is 0.464 e. The van der Waals surface area contributed by atoms with E-state index in [0.717, 1.165) is 27.5 Å². The van der Waals surface area contributed by atoms with Crippen molar-refractivity contribution in [3.8, 4) is 0 Å². The molecule has 120 valence electrons. The minimum absolute atomic E-state index is 0.157. The molecule has 3 aromatic rings. The molecule has 2 aromatic heterocycles. The number of carbonyl (C=O) groups is 1. The van der Waals surface area contributed by atoms with Crippen molar-refractivity contribution in [3.63, 3.8) is 0 Å². The first-order chi connectivity index (χ1) is 11.2. The summed E-state index contributed by atoms with van der Waals surface area (Å²) in [4.78, 5) is 12.2. The first kappa shape index (κ1) is 16.3. The van der Waals surface area contributed by atoms with Crippen LogP contribution in [-0.4, -0.2) is 21.9 Å². The number of amides is 1. The highest BCUT2D eigenvalue weighted by molar-refractivity contribution is 8.01. The number of furan rings is 1. The molecule has 1 aromatic carbocycles. The molecule has 0 radical (unpaired) electrons. The Morgan fingerprint density at radius 2 is 2.30 bits per heavy atom. The molecule has 0 atom stereocenters. The van der Waals surface area contributed by atoms with Crippen LogP contribution in [0.3, 0.4) is 0 Å². The summed E-state index contributed by atoms with van der Waals surface area (Å²) in [6.45, 7) is 2.11. The zero-order valence-corrected chi connectivity index (χ0v) is 14.7. The molecule has 0 saturated carbocycles. The number of benzene rings is 1. The second-order valence-corrected chi connectivity index (χ2v) is 7.60. The van der Waals surface area contributed by atoms with Crippen molar-refractivity contribution in [1.29, 1.82) is 0 Å². The van der Waals surface area contributed by atoms with E-state index in [4.69, 9.17) is 16.0 Å². The van der Waals surface area contributed by atoms with E-state index in [-0.39, 0.29) is 12.3 Å². The van der Waals surface area contributed by atoms with E-state index in [1.165, 1.54) is 11.3 Å². The van der Waals surface area contributed by atoms with Gasteiger partial charge in [-0.25, -0.2) is 0 Å². The fourth-order valence-corrected chi connectivity index (χ4v) is 3.90. The predicted octanol–water partition coefficient (Wildman–Crippen LogP) is 4.62. The number of nitrogens with one attached hydrogen (secondary N) is 1. The predicted molar refractivity (Wildman–Crippen MR) is 94.5 cm³/mol. The molecular formula is C15H14ClN3O2S2. The monoisotopic (exact) mass is 367 g/mol. The Bertz CT molecular complexity index is 831. The Kier molecular flexibility index (Phi) is 5.20. The normalized spacial score (nSPS) is 11.0. The van der Waals surface area contributed by atoms with Crippen LogP contribution in [0.5, 0.6) is 0 Å². The lowest BCUT2D eigenvalue weighted by Gasteiger charge is -1.99. The van der Waals surface area contributed by atoms with Crippen molar-refractivity contribution in [2.24, 2.45) is 0 Å². The standard InChI is InChI=1S/C15H14ClN3O2S2/c1-2-5-22-15-19-18-14(23-15)17-13(20)6-9-8-21-12-4-3-10(16)7-11(9)12/h3-4,7-8H,2,5-6H2,1H3,(H,17,18,20). The van der Waals surface area contributed by atoms with Gasteiger partial charge in [0.1, 0.15) is 5.58 Å². The summed E-state index contributed by atoms with van der Waals surface area (Å²) < 4.78 is 6.30. The van der Waals surface area contributed by atoms with Gasteiger partial charge in [-0.15, -0.1) is 10.2 Å². The van der Waals surface area contributed by atoms with Crippen LogP contribution in [0.4, 0.5) is 5.13 Å². The number of hydrogen-bond donors (Lipinski definition) is 1. The van der Waals surface area contributed by atoms with Gasteiger partial charge < -0.3 is 9.73 Å². The van der Waals surface area contributed by atoms with Crippen LogP contribution in [0.1, 0.15) is 18.9 Å². The quantitative estimate of drug-likeness (QED) is 0.508. The third-order valence-corrected chi connectivity index (χ3v) is 5.46. The van der Waals surface area contributed by atoms with E-state index in [1.54, 1.807) is 36.2 Å². The number of aromatic nitrogens is 2. The van der Waals surface area contributed by atoms with Gasteiger partial charge in [-0.3, -0.25) is 4.79 Å². The molecule has 1 amide bonds. The Morgan fingerprint density at radius 3 is 3.13 bits per heavy atom. The van der Waals surface area contributed by atoms with E-state index in [0.29, 0.717) is 15.7 Å². The minimum Gasteiger partial charge on any atom is -0.464 e. The number of hydrogen-bond acceptors (Lipinski definition) is 6. The van der Waals surface area contributed by atoms with Crippen LogP contribution in [0, 0.1) is 0 Å². The maximum absolute atomic E-state index is 12.2. The van der Waals surface area contributed by atoms with Gasteiger partial charge in [0.15, 0.2) is 4.34 Å². The molecule has 8 heteroatoms. The van der Waals surface area contributed by atoms with Crippen molar-refractivity contribution < 1.29 is 9.21 Å². The molecule has 0 fully saturated rings. The molecule has 0 aliphatic carbocycles. The van der Waals surface area contributed by atoms with E-state index >= 15 is 0 Å². The fraction of sp³-hybridized carbons (Fsp3) is 0.267. The highest BCUT2D eigenvalue weighted by Gasteiger charge is 2.13. The third-order valence-electron chi connectivity index (χ3n) is 3.05. The van der Waals surface area contributed by atoms with E-state index in [1.807, 2.05) is 0 Å². The molecule has 0 spiro atoms. The highest BCUT2D eigenvalue weighted by Crippen LogP contribution is 2.27. The van der Waals surface area contributed by atoms with Crippen molar-refractivity contribution >= 4 is 56.7 Å². The van der Waals surface area contributed by atoms with Crippen LogP contribution < -0.4 is 5.32 Å². The number of carbonyl (C=O) groups excluding carboxylic acids is 1. The van der Waals surface area contributed by atoms with E-state index < -0.39 is 0 Å². The van der Waals surface area contributed by atoms with Gasteiger partial charge in [0.2, 0.25) is 11.0 Å². The summed E-state index contributed by atoms with van der Waals surface area (Å²) in [6, 6.07) is 5.35. The summed E-state index contributed by atoms with van der Waals surface area (Å²) in [5, 5.41) is 12.8. The summed E-state index contributed by atoms with van der Waals surface area (Å²) >= 11 is 9.02. The van der Waals surface area contributed by atoms with E-state index in [9.17, 15) is 4.79 Å². The molecule has 23 heavy (non-hydrogen) atoms. The highest BCUT2D eigenvalue weighted by atomic mass is 35.5. The minimum atomic E-state index is -0.157. The SMILES string of the molecule is CCCSc1nnc(NC(=O)Cc2coc3ccc(Cl)cc23)s1. The molecule has 5 nitrogen and oxygen atoms in total. The maximum Gasteiger partial charge on any atom is 0.230 e. The Morgan fingerprint density at radius 1 is 1.43 bits per heavy atom. The second-order valence-electron chi connectivity index (χ2n) is 4.85. The molecule has 1 N–H and O–H groups in total. The average molecular weight is 368 g/mol. The summed E-state index contributed by atoms with van der Waals surface area (Å²) in [7, 11) is 0. The summed E-state index contributed by atoms with van der Waals surface area (Å²) in [6.07, 6.45) is 2.86. The molecule has 0 saturated heterocycles. The Labute approximate surface area is 146 Å². The lowest BCUT2D eigenvalue weighted by Crippen LogP contribution is -2.13. The van der Waals surface area contributed by atoms with E-state index in [2.05, 4.69) is 22.4 Å². The molecule has 0 aliphatic rings. The lowest BCUT2D eigenvalue weighted by atomic mass is 10.1. The van der Waals surface area contributed by atoms with Crippen molar-refractivity contribution in [3.05, 3.63) is 35.0 Å². The molecule has 2 heterocycles. The Hall–Kier alpha value is -1.57. The van der Waals surface area contributed by atoms with Crippen molar-refractivity contribution in [2.75, 3.05) is 11.1 Å². The zero-order valence-electron chi connectivity index (χ0n) is 12.3. The summed E-state index contributed by atoms with van der Waals surface area (Å²) in [5.74, 6) is 0.834. The Balaban J connectivity index is 1.66. The molecule has 0 bridgehead atoms. The lowest BCUT2D eigenvalue weighted by molar-refractivity contribution is -0.115. The fourth-order valence-electron chi connectivity index (χ4n) is 2.04. The van der Waals surface area contributed by atoms with Gasteiger partial charge in [0, 0.05) is 21.7 Å². The smallest absolute Gasteiger partial charge is 0.230 e. The first-order valence-corrected chi connectivity index (χ1v) is 9.25. The first-order valence-electron chi connectivity index (χ1n) is 7.07. The second kappa shape index (κ2) is 7.33.